The highest BCUT2D eigenvalue weighted by atomic mass is 35.5. The molecule has 5 nitrogen and oxygen atoms in total. The summed E-state index contributed by atoms with van der Waals surface area (Å²) in [7, 11) is -3.78. The third kappa shape index (κ3) is 3.02. The number of rotatable bonds is 3. The first-order valence-electron chi connectivity index (χ1n) is 5.15. The first-order chi connectivity index (χ1) is 9.03. The van der Waals surface area contributed by atoms with Gasteiger partial charge in [-0.05, 0) is 30.3 Å². The minimum atomic E-state index is -3.78. The molecule has 0 aliphatic heterocycles. The third-order valence-electron chi connectivity index (χ3n) is 2.29. The van der Waals surface area contributed by atoms with Crippen LogP contribution in [0.25, 0.3) is 0 Å². The molecule has 96 valence electrons. The number of nitrogens with zero attached hydrogens (tertiary/aromatic N) is 2. The Kier molecular flexibility index (Phi) is 3.69. The van der Waals surface area contributed by atoms with Crippen molar-refractivity contribution in [3.8, 4) is 6.07 Å². The Morgan fingerprint density at radius 1 is 1.32 bits per heavy atom. The Balaban J connectivity index is 2.42. The molecular weight excluding hydrogens is 286 g/mol. The van der Waals surface area contributed by atoms with Crippen molar-refractivity contribution in [2.75, 3.05) is 4.72 Å². The van der Waals surface area contributed by atoms with Gasteiger partial charge in [-0.2, -0.15) is 5.26 Å². The van der Waals surface area contributed by atoms with E-state index in [2.05, 4.69) is 9.71 Å². The fraction of sp³-hybridized carbons (Fsp3) is 0. The van der Waals surface area contributed by atoms with E-state index in [9.17, 15) is 8.42 Å². The van der Waals surface area contributed by atoms with Gasteiger partial charge in [-0.15, -0.1) is 0 Å². The molecule has 0 fully saturated rings. The zero-order valence-electron chi connectivity index (χ0n) is 9.54. The molecule has 1 heterocycles. The van der Waals surface area contributed by atoms with Crippen molar-refractivity contribution in [2.24, 2.45) is 0 Å². The molecule has 0 spiro atoms. The van der Waals surface area contributed by atoms with Gasteiger partial charge >= 0.3 is 0 Å². The van der Waals surface area contributed by atoms with Gasteiger partial charge in [0.15, 0.2) is 0 Å². The van der Waals surface area contributed by atoms with Crippen molar-refractivity contribution in [1.82, 2.24) is 4.98 Å². The van der Waals surface area contributed by atoms with Gasteiger partial charge in [0, 0.05) is 17.4 Å². The molecule has 0 amide bonds. The first kappa shape index (κ1) is 13.3. The summed E-state index contributed by atoms with van der Waals surface area (Å²) >= 11 is 5.79. The van der Waals surface area contributed by atoms with E-state index >= 15 is 0 Å². The maximum atomic E-state index is 12.1. The molecule has 0 atom stereocenters. The Morgan fingerprint density at radius 3 is 2.74 bits per heavy atom. The minimum absolute atomic E-state index is 0.0128. The summed E-state index contributed by atoms with van der Waals surface area (Å²) in [5.41, 5.74) is 0.329. The van der Waals surface area contributed by atoms with Crippen molar-refractivity contribution < 1.29 is 8.42 Å². The van der Waals surface area contributed by atoms with Crippen molar-refractivity contribution in [2.45, 2.75) is 4.90 Å². The number of sulfonamides is 1. The van der Waals surface area contributed by atoms with E-state index < -0.39 is 10.0 Å². The lowest BCUT2D eigenvalue weighted by Gasteiger charge is -2.09. The lowest BCUT2D eigenvalue weighted by atomic mass is 10.2. The van der Waals surface area contributed by atoms with Crippen LogP contribution < -0.4 is 4.72 Å². The van der Waals surface area contributed by atoms with Crippen LogP contribution in [0.3, 0.4) is 0 Å². The van der Waals surface area contributed by atoms with Gasteiger partial charge in [0.1, 0.15) is 11.0 Å². The number of benzene rings is 1. The molecule has 0 aliphatic carbocycles. The number of pyridine rings is 1. The molecule has 0 radical (unpaired) electrons. The van der Waals surface area contributed by atoms with Crippen LogP contribution in [0, 0.1) is 11.3 Å². The molecule has 19 heavy (non-hydrogen) atoms. The molecule has 1 aromatic heterocycles. The Labute approximate surface area is 115 Å². The number of aromatic nitrogens is 1. The molecule has 1 N–H and O–H groups in total. The van der Waals surface area contributed by atoms with Gasteiger partial charge in [0.05, 0.1) is 11.3 Å². The van der Waals surface area contributed by atoms with E-state index in [0.29, 0.717) is 5.02 Å². The monoisotopic (exact) mass is 293 g/mol. The van der Waals surface area contributed by atoms with E-state index in [1.54, 1.807) is 0 Å². The zero-order valence-corrected chi connectivity index (χ0v) is 11.1. The summed E-state index contributed by atoms with van der Waals surface area (Å²) in [6.07, 6.45) is 2.69. The summed E-state index contributed by atoms with van der Waals surface area (Å²) in [6.45, 7) is 0. The molecule has 0 bridgehead atoms. The number of hydrogen-bond acceptors (Lipinski definition) is 4. The van der Waals surface area contributed by atoms with Crippen LogP contribution in [0.15, 0.2) is 47.6 Å². The second-order valence-electron chi connectivity index (χ2n) is 3.60. The number of nitrogens with one attached hydrogen (secondary N) is 1. The Bertz CT molecular complexity index is 739. The molecule has 0 unspecified atom stereocenters. The standard InChI is InChI=1S/C12H8ClN3O2S/c13-10-4-3-9(7-14)12(6-10)16-19(17,18)11-2-1-5-15-8-11/h1-6,8,16H. The van der Waals surface area contributed by atoms with E-state index in [-0.39, 0.29) is 16.1 Å². The predicted octanol–water partition coefficient (Wildman–Crippen LogP) is 2.41. The Morgan fingerprint density at radius 2 is 2.11 bits per heavy atom. The summed E-state index contributed by atoms with van der Waals surface area (Å²) in [5, 5.41) is 9.27. The van der Waals surface area contributed by atoms with Crippen molar-refractivity contribution in [1.29, 1.82) is 5.26 Å². The van der Waals surface area contributed by atoms with Crippen LogP contribution in [0.4, 0.5) is 5.69 Å². The van der Waals surface area contributed by atoms with Gasteiger partial charge < -0.3 is 0 Å². The highest BCUT2D eigenvalue weighted by molar-refractivity contribution is 7.92. The van der Waals surface area contributed by atoms with Gasteiger partial charge in [0.2, 0.25) is 0 Å². The number of hydrogen-bond donors (Lipinski definition) is 1. The maximum Gasteiger partial charge on any atom is 0.263 e. The largest absolute Gasteiger partial charge is 0.278 e. The molecular formula is C12H8ClN3O2S. The average Bonchev–Trinajstić information content (AvgIpc) is 2.39. The van der Waals surface area contributed by atoms with E-state index in [1.807, 2.05) is 6.07 Å². The topological polar surface area (TPSA) is 82.9 Å². The number of halogens is 1. The number of anilines is 1. The summed E-state index contributed by atoms with van der Waals surface area (Å²) in [6, 6.07) is 9.16. The fourth-order valence-corrected chi connectivity index (χ4v) is 2.61. The van der Waals surface area contributed by atoms with Crippen molar-refractivity contribution in [3.05, 3.63) is 53.3 Å². The molecule has 7 heteroatoms. The normalized spacial score (nSPS) is 10.7. The third-order valence-corrected chi connectivity index (χ3v) is 3.88. The Hall–Kier alpha value is -2.10. The van der Waals surface area contributed by atoms with Crippen molar-refractivity contribution in [3.63, 3.8) is 0 Å². The van der Waals surface area contributed by atoms with E-state index in [1.165, 1.54) is 42.7 Å². The lowest BCUT2D eigenvalue weighted by molar-refractivity contribution is 0.601. The summed E-state index contributed by atoms with van der Waals surface area (Å²) in [5.74, 6) is 0. The quantitative estimate of drug-likeness (QED) is 0.942. The molecule has 1 aromatic carbocycles. The predicted molar refractivity (Wildman–Crippen MR) is 71.2 cm³/mol. The SMILES string of the molecule is N#Cc1ccc(Cl)cc1NS(=O)(=O)c1cccnc1. The summed E-state index contributed by atoms with van der Waals surface area (Å²) in [4.78, 5) is 3.76. The van der Waals surface area contributed by atoms with Gasteiger partial charge in [-0.1, -0.05) is 11.6 Å². The van der Waals surface area contributed by atoms with Crippen LogP contribution in [0.5, 0.6) is 0 Å². The zero-order chi connectivity index (χ0) is 13.9. The van der Waals surface area contributed by atoms with Crippen LogP contribution in [0.1, 0.15) is 5.56 Å². The smallest absolute Gasteiger partial charge is 0.263 e. The fourth-order valence-electron chi connectivity index (χ4n) is 1.41. The highest BCUT2D eigenvalue weighted by Gasteiger charge is 2.16. The minimum Gasteiger partial charge on any atom is -0.278 e. The second kappa shape index (κ2) is 5.26. The van der Waals surface area contributed by atoms with Gasteiger partial charge in [-0.3, -0.25) is 9.71 Å². The average molecular weight is 294 g/mol. The first-order valence-corrected chi connectivity index (χ1v) is 7.01. The molecule has 0 saturated carbocycles. The molecule has 2 rings (SSSR count). The number of nitriles is 1. The van der Waals surface area contributed by atoms with Crippen LogP contribution >= 0.6 is 11.6 Å². The van der Waals surface area contributed by atoms with Crippen LogP contribution in [-0.2, 0) is 10.0 Å². The molecule has 0 saturated heterocycles. The van der Waals surface area contributed by atoms with Gasteiger partial charge in [-0.25, -0.2) is 8.42 Å². The van der Waals surface area contributed by atoms with Gasteiger partial charge in [0.25, 0.3) is 10.0 Å². The van der Waals surface area contributed by atoms with E-state index in [4.69, 9.17) is 16.9 Å². The van der Waals surface area contributed by atoms with Crippen LogP contribution in [-0.4, -0.2) is 13.4 Å². The second-order valence-corrected chi connectivity index (χ2v) is 5.71. The van der Waals surface area contributed by atoms with E-state index in [0.717, 1.165) is 0 Å². The molecule has 0 aliphatic rings. The van der Waals surface area contributed by atoms with Crippen molar-refractivity contribution >= 4 is 27.3 Å². The highest BCUT2D eigenvalue weighted by Crippen LogP contribution is 2.23. The lowest BCUT2D eigenvalue weighted by Crippen LogP contribution is -2.14. The molecule has 2 aromatic rings. The summed E-state index contributed by atoms with van der Waals surface area (Å²) < 4.78 is 26.5. The van der Waals surface area contributed by atoms with Crippen LogP contribution in [0.2, 0.25) is 5.02 Å². The maximum absolute atomic E-state index is 12.1.